The molecule has 0 radical (unpaired) electrons. The van der Waals surface area contributed by atoms with E-state index in [1.54, 1.807) is 0 Å². The fraction of sp³-hybridized carbons (Fsp3) is 0.909. The van der Waals surface area contributed by atoms with Gasteiger partial charge >= 0.3 is 0 Å². The van der Waals surface area contributed by atoms with Gasteiger partial charge in [-0.3, -0.25) is 0 Å². The minimum absolute atomic E-state index is 0.209. The highest BCUT2D eigenvalue weighted by molar-refractivity contribution is 4.92. The van der Waals surface area contributed by atoms with Crippen molar-refractivity contribution in [1.82, 2.24) is 4.90 Å². The van der Waals surface area contributed by atoms with Gasteiger partial charge in [0.15, 0.2) is 5.79 Å². The number of nitrogens with zero attached hydrogens (tertiary/aromatic N) is 1. The normalized spacial score (nSPS) is 20.1. The number of rotatable bonds is 35. The van der Waals surface area contributed by atoms with Gasteiger partial charge in [0.1, 0.15) is 0 Å². The molecule has 0 amide bonds. The largest absolute Gasteiger partial charge is 0.344 e. The van der Waals surface area contributed by atoms with Crippen LogP contribution in [0.2, 0.25) is 0 Å². The fourth-order valence-corrected chi connectivity index (χ4v) is 7.18. The summed E-state index contributed by atoms with van der Waals surface area (Å²) in [6.07, 6.45) is 51.3. The second-order valence-electron chi connectivity index (χ2n) is 15.4. The summed E-state index contributed by atoms with van der Waals surface area (Å²) in [6.45, 7) is 7.89. The maximum absolute atomic E-state index is 6.80. The Hall–Kier alpha value is -0.640. The number of ether oxygens (including phenoxy) is 2. The van der Waals surface area contributed by atoms with Crippen LogP contribution in [0.4, 0.5) is 0 Å². The zero-order chi connectivity index (χ0) is 34.1. The lowest BCUT2D eigenvalue weighted by atomic mass is 9.98. The van der Waals surface area contributed by atoms with Crippen LogP contribution in [0.3, 0.4) is 0 Å². The van der Waals surface area contributed by atoms with Crippen molar-refractivity contribution in [2.24, 2.45) is 0 Å². The highest BCUT2D eigenvalue weighted by Gasteiger charge is 2.44. The van der Waals surface area contributed by atoms with Crippen LogP contribution in [0.1, 0.15) is 220 Å². The summed E-state index contributed by atoms with van der Waals surface area (Å²) in [5.41, 5.74) is 0. The molecule has 0 saturated carbocycles. The minimum Gasteiger partial charge on any atom is -0.344 e. The number of unbranched alkanes of at least 4 members (excludes halogenated alkanes) is 24. The zero-order valence-corrected chi connectivity index (χ0v) is 32.9. The van der Waals surface area contributed by atoms with Gasteiger partial charge in [-0.15, -0.1) is 0 Å². The lowest BCUT2D eigenvalue weighted by Gasteiger charge is -2.29. The Morgan fingerprint density at radius 3 is 1.32 bits per heavy atom. The fourth-order valence-electron chi connectivity index (χ4n) is 7.18. The van der Waals surface area contributed by atoms with Gasteiger partial charge < -0.3 is 14.4 Å². The van der Waals surface area contributed by atoms with Crippen LogP contribution in [0.15, 0.2) is 24.3 Å². The highest BCUT2D eigenvalue weighted by Crippen LogP contribution is 2.39. The first-order valence-corrected chi connectivity index (χ1v) is 21.3. The van der Waals surface area contributed by atoms with Crippen LogP contribution in [0.5, 0.6) is 0 Å². The molecule has 1 fully saturated rings. The Balaban J connectivity index is 2.18. The maximum Gasteiger partial charge on any atom is 0.169 e. The SMILES string of the molecule is CCCCCC=CCC=CCCCCCCCCC1(CCCCCCCCCCCCCCCCCC)OC(C)C(CCN(C)C)O1. The first-order valence-electron chi connectivity index (χ1n) is 21.3. The van der Waals surface area contributed by atoms with Crippen molar-refractivity contribution < 1.29 is 9.47 Å². The van der Waals surface area contributed by atoms with E-state index in [4.69, 9.17) is 9.47 Å². The zero-order valence-electron chi connectivity index (χ0n) is 32.9. The van der Waals surface area contributed by atoms with Gasteiger partial charge in [0.25, 0.3) is 0 Å². The smallest absolute Gasteiger partial charge is 0.169 e. The third-order valence-corrected chi connectivity index (χ3v) is 10.3. The molecule has 0 aliphatic carbocycles. The summed E-state index contributed by atoms with van der Waals surface area (Å²) in [7, 11) is 4.32. The minimum atomic E-state index is -0.332. The molecule has 1 aliphatic rings. The Morgan fingerprint density at radius 2 is 0.872 bits per heavy atom. The molecule has 0 spiro atoms. The van der Waals surface area contributed by atoms with E-state index in [1.165, 1.54) is 173 Å². The molecule has 0 bridgehead atoms. The van der Waals surface area contributed by atoms with Crippen molar-refractivity contribution in [3.05, 3.63) is 24.3 Å². The summed E-state index contributed by atoms with van der Waals surface area (Å²) in [6, 6.07) is 0. The molecule has 278 valence electrons. The quantitative estimate of drug-likeness (QED) is 0.0499. The Bertz CT molecular complexity index is 703. The summed E-state index contributed by atoms with van der Waals surface area (Å²) >= 11 is 0. The van der Waals surface area contributed by atoms with Crippen molar-refractivity contribution >= 4 is 0 Å². The van der Waals surface area contributed by atoms with Crippen LogP contribution in [-0.4, -0.2) is 43.5 Å². The van der Waals surface area contributed by atoms with E-state index in [9.17, 15) is 0 Å². The molecule has 0 aromatic heterocycles. The van der Waals surface area contributed by atoms with Gasteiger partial charge in [-0.05, 0) is 72.4 Å². The third kappa shape index (κ3) is 26.8. The lowest BCUT2D eigenvalue weighted by Crippen LogP contribution is -2.31. The Morgan fingerprint density at radius 1 is 0.489 bits per heavy atom. The number of hydrogen-bond acceptors (Lipinski definition) is 3. The highest BCUT2D eigenvalue weighted by atomic mass is 16.8. The van der Waals surface area contributed by atoms with Gasteiger partial charge in [-0.1, -0.05) is 173 Å². The molecular weight excluding hydrogens is 574 g/mol. The van der Waals surface area contributed by atoms with Gasteiger partial charge in [0.05, 0.1) is 12.2 Å². The van der Waals surface area contributed by atoms with E-state index < -0.39 is 0 Å². The summed E-state index contributed by atoms with van der Waals surface area (Å²) < 4.78 is 13.5. The van der Waals surface area contributed by atoms with E-state index in [2.05, 4.69) is 64.1 Å². The molecule has 3 atom stereocenters. The van der Waals surface area contributed by atoms with Gasteiger partial charge in [-0.25, -0.2) is 0 Å². The molecule has 3 nitrogen and oxygen atoms in total. The lowest BCUT2D eigenvalue weighted by molar-refractivity contribution is -0.186. The van der Waals surface area contributed by atoms with Gasteiger partial charge in [0.2, 0.25) is 0 Å². The van der Waals surface area contributed by atoms with Crippen LogP contribution < -0.4 is 0 Å². The summed E-state index contributed by atoms with van der Waals surface area (Å²) in [5, 5.41) is 0. The second-order valence-corrected chi connectivity index (χ2v) is 15.4. The average Bonchev–Trinajstić information content (AvgIpc) is 3.38. The molecule has 1 aliphatic heterocycles. The summed E-state index contributed by atoms with van der Waals surface area (Å²) in [5.74, 6) is -0.332. The summed E-state index contributed by atoms with van der Waals surface area (Å²) in [4.78, 5) is 2.27. The predicted molar refractivity (Wildman–Crippen MR) is 209 cm³/mol. The Labute approximate surface area is 296 Å². The van der Waals surface area contributed by atoms with E-state index in [0.717, 1.165) is 32.2 Å². The van der Waals surface area contributed by atoms with Gasteiger partial charge in [0, 0.05) is 19.4 Å². The van der Waals surface area contributed by atoms with Crippen molar-refractivity contribution in [2.75, 3.05) is 20.6 Å². The first kappa shape index (κ1) is 44.4. The Kier molecular flexibility index (Phi) is 30.7. The van der Waals surface area contributed by atoms with Crippen molar-refractivity contribution in [2.45, 2.75) is 238 Å². The molecule has 47 heavy (non-hydrogen) atoms. The molecule has 3 unspecified atom stereocenters. The molecule has 0 aromatic rings. The molecule has 0 aromatic carbocycles. The van der Waals surface area contributed by atoms with Crippen molar-refractivity contribution in [3.63, 3.8) is 0 Å². The maximum atomic E-state index is 6.80. The molecular formula is C44H85NO2. The molecule has 1 saturated heterocycles. The number of allylic oxidation sites excluding steroid dienone is 4. The third-order valence-electron chi connectivity index (χ3n) is 10.3. The molecule has 1 rings (SSSR count). The topological polar surface area (TPSA) is 21.7 Å². The van der Waals surface area contributed by atoms with Crippen LogP contribution in [0, 0.1) is 0 Å². The monoisotopic (exact) mass is 660 g/mol. The van der Waals surface area contributed by atoms with E-state index in [1.807, 2.05) is 0 Å². The van der Waals surface area contributed by atoms with E-state index in [-0.39, 0.29) is 18.0 Å². The van der Waals surface area contributed by atoms with Gasteiger partial charge in [-0.2, -0.15) is 0 Å². The predicted octanol–water partition coefficient (Wildman–Crippen LogP) is 14.3. The van der Waals surface area contributed by atoms with Crippen LogP contribution >= 0.6 is 0 Å². The second kappa shape index (κ2) is 32.6. The molecule has 1 heterocycles. The van der Waals surface area contributed by atoms with Crippen molar-refractivity contribution in [3.8, 4) is 0 Å². The average molecular weight is 660 g/mol. The molecule has 3 heteroatoms. The van der Waals surface area contributed by atoms with E-state index >= 15 is 0 Å². The van der Waals surface area contributed by atoms with E-state index in [0.29, 0.717) is 0 Å². The number of hydrogen-bond donors (Lipinski definition) is 0. The van der Waals surface area contributed by atoms with Crippen LogP contribution in [0.25, 0.3) is 0 Å². The first-order chi connectivity index (χ1) is 23.0. The standard InChI is InChI=1S/C44H85NO2/c1-6-8-10-12-14-16-18-20-22-24-26-28-30-32-34-36-39-44(46-42(3)43(47-44)38-41-45(4)5)40-37-35-33-31-29-27-25-23-21-19-17-15-13-11-9-7-2/h14,16,20,22,42-43H,6-13,15,17-19,21,23-41H2,1-5H3. The molecule has 0 N–H and O–H groups in total. The van der Waals surface area contributed by atoms with Crippen LogP contribution in [-0.2, 0) is 9.47 Å². The van der Waals surface area contributed by atoms with Crippen molar-refractivity contribution in [1.29, 1.82) is 0 Å².